The van der Waals surface area contributed by atoms with Crippen LogP contribution in [0.4, 0.5) is 0 Å². The minimum absolute atomic E-state index is 0.544. The van der Waals surface area contributed by atoms with Gasteiger partial charge in [0, 0.05) is 6.92 Å². The monoisotopic (exact) mass is 110 g/mol. The maximum Gasteiger partial charge on any atom is 0.223 e. The number of nitrogens with zero attached hydrogens (tertiary/aromatic N) is 2. The zero-order chi connectivity index (χ0) is 5.98. The smallest absolute Gasteiger partial charge is 0.223 e. The second-order valence-corrected chi connectivity index (χ2v) is 1.38. The van der Waals surface area contributed by atoms with E-state index < -0.39 is 0 Å². The highest BCUT2D eigenvalue weighted by molar-refractivity contribution is 5.33. The Hall–Kier alpha value is -1.12. The molecule has 3 nitrogen and oxygen atoms in total. The Morgan fingerprint density at radius 2 is 2.50 bits per heavy atom. The van der Waals surface area contributed by atoms with E-state index in [9.17, 15) is 0 Å². The molecule has 0 radical (unpaired) electrons. The van der Waals surface area contributed by atoms with Gasteiger partial charge in [0.2, 0.25) is 5.89 Å². The summed E-state index contributed by atoms with van der Waals surface area (Å²) in [4.78, 5) is 3.83. The Kier molecular flexibility index (Phi) is 1.12. The van der Waals surface area contributed by atoms with Gasteiger partial charge in [0.05, 0.1) is 0 Å². The molecule has 0 aromatic carbocycles. The number of aromatic nitrogens is 2. The van der Waals surface area contributed by atoms with Crippen LogP contribution in [0, 0.1) is 6.92 Å². The van der Waals surface area contributed by atoms with E-state index in [2.05, 4.69) is 21.2 Å². The lowest BCUT2D eigenvalue weighted by Gasteiger charge is -1.67. The van der Waals surface area contributed by atoms with Gasteiger partial charge < -0.3 is 4.52 Å². The first-order valence-corrected chi connectivity index (χ1v) is 2.25. The summed E-state index contributed by atoms with van der Waals surface area (Å²) in [6, 6.07) is 0. The van der Waals surface area contributed by atoms with Crippen LogP contribution in [0.15, 0.2) is 11.1 Å². The molecule has 0 unspecified atom stereocenters. The van der Waals surface area contributed by atoms with Crippen LogP contribution in [-0.4, -0.2) is 10.1 Å². The maximum absolute atomic E-state index is 4.62. The van der Waals surface area contributed by atoms with Gasteiger partial charge in [-0.15, -0.1) is 0 Å². The SMILES string of the molecule is C=Cc1noc(C)n1. The largest absolute Gasteiger partial charge is 0.339 e. The summed E-state index contributed by atoms with van der Waals surface area (Å²) in [5.74, 6) is 1.11. The van der Waals surface area contributed by atoms with Gasteiger partial charge in [0.1, 0.15) is 0 Å². The standard InChI is InChI=1S/C5H6N2O/c1-3-5-6-4(2)8-7-5/h3H,1H2,2H3. The molecule has 0 amide bonds. The number of hydrogen-bond acceptors (Lipinski definition) is 3. The topological polar surface area (TPSA) is 38.9 Å². The van der Waals surface area contributed by atoms with Crippen LogP contribution in [0.25, 0.3) is 6.08 Å². The van der Waals surface area contributed by atoms with Gasteiger partial charge in [-0.3, -0.25) is 0 Å². The Balaban J connectivity index is 3.00. The molecule has 0 saturated heterocycles. The first-order chi connectivity index (χ1) is 3.83. The van der Waals surface area contributed by atoms with Crippen molar-refractivity contribution in [3.8, 4) is 0 Å². The van der Waals surface area contributed by atoms with E-state index in [1.807, 2.05) is 0 Å². The van der Waals surface area contributed by atoms with E-state index in [-0.39, 0.29) is 0 Å². The molecule has 0 aliphatic carbocycles. The van der Waals surface area contributed by atoms with Gasteiger partial charge in [-0.05, 0) is 6.08 Å². The molecule has 0 spiro atoms. The Labute approximate surface area is 47.0 Å². The van der Waals surface area contributed by atoms with Crippen LogP contribution in [0.3, 0.4) is 0 Å². The molecule has 1 rings (SSSR count). The molecule has 0 N–H and O–H groups in total. The number of hydrogen-bond donors (Lipinski definition) is 0. The van der Waals surface area contributed by atoms with Crippen LogP contribution in [0.5, 0.6) is 0 Å². The zero-order valence-electron chi connectivity index (χ0n) is 4.59. The molecular weight excluding hydrogens is 104 g/mol. The quantitative estimate of drug-likeness (QED) is 0.541. The average molecular weight is 110 g/mol. The van der Waals surface area contributed by atoms with Gasteiger partial charge >= 0.3 is 0 Å². The third-order valence-electron chi connectivity index (χ3n) is 0.726. The van der Waals surface area contributed by atoms with Crippen LogP contribution in [0.1, 0.15) is 11.7 Å². The summed E-state index contributed by atoms with van der Waals surface area (Å²) >= 11 is 0. The van der Waals surface area contributed by atoms with Crippen LogP contribution >= 0.6 is 0 Å². The third-order valence-corrected chi connectivity index (χ3v) is 0.726. The van der Waals surface area contributed by atoms with Gasteiger partial charge in [0.15, 0.2) is 5.82 Å². The molecule has 8 heavy (non-hydrogen) atoms. The molecule has 1 aromatic rings. The molecule has 3 heteroatoms. The normalized spacial score (nSPS) is 9.12. The molecule has 1 aromatic heterocycles. The van der Waals surface area contributed by atoms with Crippen molar-refractivity contribution < 1.29 is 4.52 Å². The van der Waals surface area contributed by atoms with E-state index in [0.29, 0.717) is 11.7 Å². The van der Waals surface area contributed by atoms with Crippen LogP contribution < -0.4 is 0 Å². The van der Waals surface area contributed by atoms with E-state index >= 15 is 0 Å². The third kappa shape index (κ3) is 0.753. The summed E-state index contributed by atoms with van der Waals surface area (Å²) in [6.45, 7) is 5.20. The van der Waals surface area contributed by atoms with E-state index in [4.69, 9.17) is 0 Å². The van der Waals surface area contributed by atoms with Gasteiger partial charge in [-0.2, -0.15) is 4.98 Å². The van der Waals surface area contributed by atoms with Gasteiger partial charge in [0.25, 0.3) is 0 Å². The van der Waals surface area contributed by atoms with Gasteiger partial charge in [-0.1, -0.05) is 11.7 Å². The molecular formula is C5H6N2O. The zero-order valence-corrected chi connectivity index (χ0v) is 4.59. The summed E-state index contributed by atoms with van der Waals surface area (Å²) in [5, 5.41) is 3.53. The van der Waals surface area contributed by atoms with Gasteiger partial charge in [-0.25, -0.2) is 0 Å². The summed E-state index contributed by atoms with van der Waals surface area (Å²) in [7, 11) is 0. The number of rotatable bonds is 1. The molecule has 0 atom stereocenters. The molecule has 0 bridgehead atoms. The predicted molar refractivity (Wildman–Crippen MR) is 29.1 cm³/mol. The molecule has 0 aliphatic heterocycles. The van der Waals surface area contributed by atoms with Crippen molar-refractivity contribution in [1.82, 2.24) is 10.1 Å². The molecule has 0 aliphatic rings. The van der Waals surface area contributed by atoms with Crippen molar-refractivity contribution in [2.24, 2.45) is 0 Å². The summed E-state index contributed by atoms with van der Waals surface area (Å²) in [6.07, 6.45) is 1.54. The van der Waals surface area contributed by atoms with Crippen molar-refractivity contribution in [3.63, 3.8) is 0 Å². The Bertz CT molecular complexity index is 192. The molecule has 0 saturated carbocycles. The average Bonchev–Trinajstić information content (AvgIpc) is 2.14. The second-order valence-electron chi connectivity index (χ2n) is 1.38. The minimum atomic E-state index is 0.544. The number of aryl methyl sites for hydroxylation is 1. The fourth-order valence-corrected chi connectivity index (χ4v) is 0.398. The Morgan fingerprint density at radius 3 is 2.75 bits per heavy atom. The fourth-order valence-electron chi connectivity index (χ4n) is 0.398. The minimum Gasteiger partial charge on any atom is -0.339 e. The van der Waals surface area contributed by atoms with Crippen molar-refractivity contribution in [2.45, 2.75) is 6.92 Å². The van der Waals surface area contributed by atoms with Crippen LogP contribution in [-0.2, 0) is 0 Å². The maximum atomic E-state index is 4.62. The lowest BCUT2D eigenvalue weighted by atomic mass is 10.6. The van der Waals surface area contributed by atoms with Crippen LogP contribution in [0.2, 0.25) is 0 Å². The molecule has 42 valence electrons. The second kappa shape index (κ2) is 1.78. The lowest BCUT2D eigenvalue weighted by Crippen LogP contribution is -1.71. The highest BCUT2D eigenvalue weighted by Crippen LogP contribution is 1.93. The van der Waals surface area contributed by atoms with Crippen molar-refractivity contribution in [3.05, 3.63) is 18.3 Å². The van der Waals surface area contributed by atoms with E-state index in [0.717, 1.165) is 0 Å². The highest BCUT2D eigenvalue weighted by atomic mass is 16.5. The molecule has 1 heterocycles. The van der Waals surface area contributed by atoms with E-state index in [1.54, 1.807) is 6.92 Å². The Morgan fingerprint density at radius 1 is 1.75 bits per heavy atom. The van der Waals surface area contributed by atoms with Crippen molar-refractivity contribution >= 4 is 6.08 Å². The molecule has 0 fully saturated rings. The lowest BCUT2D eigenvalue weighted by molar-refractivity contribution is 0.391. The highest BCUT2D eigenvalue weighted by Gasteiger charge is 1.92. The fraction of sp³-hybridized carbons (Fsp3) is 0.200. The summed E-state index contributed by atoms with van der Waals surface area (Å²) in [5.41, 5.74) is 0. The van der Waals surface area contributed by atoms with Crippen molar-refractivity contribution in [1.29, 1.82) is 0 Å². The van der Waals surface area contributed by atoms with E-state index in [1.165, 1.54) is 6.08 Å². The summed E-state index contributed by atoms with van der Waals surface area (Å²) < 4.78 is 4.62. The predicted octanol–water partition coefficient (Wildman–Crippen LogP) is 1.02. The first kappa shape index (κ1) is 5.03. The van der Waals surface area contributed by atoms with Crippen molar-refractivity contribution in [2.75, 3.05) is 0 Å². The first-order valence-electron chi connectivity index (χ1n) is 2.25.